The Kier molecular flexibility index (Phi) is 5.46. The molecule has 0 saturated heterocycles. The lowest BCUT2D eigenvalue weighted by molar-refractivity contribution is -0.135. The SMILES string of the molecule is COC(=O)C=Cc1cc(OC(C)=O)c(OC)cc1C=O. The molecule has 106 valence electrons. The molecule has 0 fully saturated rings. The summed E-state index contributed by atoms with van der Waals surface area (Å²) in [5.74, 6) is -0.676. The third-order valence-corrected chi connectivity index (χ3v) is 2.35. The molecule has 0 bridgehead atoms. The number of hydrogen-bond acceptors (Lipinski definition) is 6. The second-order valence-electron chi connectivity index (χ2n) is 3.70. The highest BCUT2D eigenvalue weighted by molar-refractivity contribution is 5.91. The lowest BCUT2D eigenvalue weighted by Crippen LogP contribution is -2.04. The van der Waals surface area contributed by atoms with E-state index in [0.717, 1.165) is 6.08 Å². The normalized spacial score (nSPS) is 10.2. The van der Waals surface area contributed by atoms with Crippen LogP contribution in [0.25, 0.3) is 6.08 Å². The van der Waals surface area contributed by atoms with Gasteiger partial charge in [-0.05, 0) is 23.8 Å². The molecule has 0 unspecified atom stereocenters. The third-order valence-electron chi connectivity index (χ3n) is 2.35. The van der Waals surface area contributed by atoms with Gasteiger partial charge in [0.15, 0.2) is 17.8 Å². The molecule has 0 amide bonds. The van der Waals surface area contributed by atoms with Gasteiger partial charge in [-0.1, -0.05) is 0 Å². The van der Waals surface area contributed by atoms with Gasteiger partial charge in [-0.3, -0.25) is 9.59 Å². The molecule has 1 aromatic carbocycles. The smallest absolute Gasteiger partial charge is 0.330 e. The molecule has 0 aliphatic rings. The van der Waals surface area contributed by atoms with Crippen molar-refractivity contribution in [2.45, 2.75) is 6.92 Å². The van der Waals surface area contributed by atoms with Gasteiger partial charge in [0.25, 0.3) is 0 Å². The molecule has 0 spiro atoms. The van der Waals surface area contributed by atoms with E-state index in [9.17, 15) is 14.4 Å². The fourth-order valence-electron chi connectivity index (χ4n) is 1.46. The van der Waals surface area contributed by atoms with Crippen molar-refractivity contribution in [1.82, 2.24) is 0 Å². The molecule has 20 heavy (non-hydrogen) atoms. The molecule has 0 radical (unpaired) electrons. The number of rotatable bonds is 5. The van der Waals surface area contributed by atoms with Crippen molar-refractivity contribution < 1.29 is 28.6 Å². The van der Waals surface area contributed by atoms with Crippen LogP contribution in [0, 0.1) is 0 Å². The van der Waals surface area contributed by atoms with Crippen molar-refractivity contribution in [2.24, 2.45) is 0 Å². The number of aldehydes is 1. The quantitative estimate of drug-likeness (QED) is 0.352. The summed E-state index contributed by atoms with van der Waals surface area (Å²) in [6.45, 7) is 1.25. The molecule has 6 heteroatoms. The first-order valence-electron chi connectivity index (χ1n) is 5.63. The highest BCUT2D eigenvalue weighted by Gasteiger charge is 2.12. The summed E-state index contributed by atoms with van der Waals surface area (Å²) < 4.78 is 14.5. The minimum absolute atomic E-state index is 0.162. The van der Waals surface area contributed by atoms with E-state index in [1.54, 1.807) is 0 Å². The maximum Gasteiger partial charge on any atom is 0.330 e. The lowest BCUT2D eigenvalue weighted by Gasteiger charge is -2.10. The van der Waals surface area contributed by atoms with Gasteiger partial charge in [0.05, 0.1) is 14.2 Å². The molecule has 0 aliphatic heterocycles. The van der Waals surface area contributed by atoms with Crippen LogP contribution in [0.1, 0.15) is 22.8 Å². The zero-order valence-electron chi connectivity index (χ0n) is 11.3. The summed E-state index contributed by atoms with van der Waals surface area (Å²) in [7, 11) is 2.63. The largest absolute Gasteiger partial charge is 0.493 e. The Balaban J connectivity index is 3.27. The zero-order chi connectivity index (χ0) is 15.1. The van der Waals surface area contributed by atoms with Crippen molar-refractivity contribution in [2.75, 3.05) is 14.2 Å². The number of carbonyl (C=O) groups excluding carboxylic acids is 3. The van der Waals surface area contributed by atoms with E-state index in [-0.39, 0.29) is 17.1 Å². The number of ether oxygens (including phenoxy) is 3. The zero-order valence-corrected chi connectivity index (χ0v) is 11.3. The first kappa shape index (κ1) is 15.4. The summed E-state index contributed by atoms with van der Waals surface area (Å²) >= 11 is 0. The van der Waals surface area contributed by atoms with Crippen LogP contribution < -0.4 is 9.47 Å². The monoisotopic (exact) mass is 278 g/mol. The van der Waals surface area contributed by atoms with Crippen LogP contribution in [0.5, 0.6) is 11.5 Å². The maximum atomic E-state index is 11.1. The van der Waals surface area contributed by atoms with Crippen LogP contribution in [0.3, 0.4) is 0 Å². The average molecular weight is 278 g/mol. The number of carbonyl (C=O) groups is 3. The number of esters is 2. The van der Waals surface area contributed by atoms with Gasteiger partial charge in [0, 0.05) is 18.6 Å². The van der Waals surface area contributed by atoms with E-state index in [4.69, 9.17) is 9.47 Å². The Morgan fingerprint density at radius 2 is 1.75 bits per heavy atom. The number of benzene rings is 1. The summed E-state index contributed by atoms with van der Waals surface area (Å²) in [6.07, 6.45) is 3.16. The van der Waals surface area contributed by atoms with E-state index in [1.165, 1.54) is 39.4 Å². The Bertz CT molecular complexity index is 559. The van der Waals surface area contributed by atoms with E-state index in [2.05, 4.69) is 4.74 Å². The molecular weight excluding hydrogens is 264 g/mol. The number of methoxy groups -OCH3 is 2. The highest BCUT2D eigenvalue weighted by atomic mass is 16.6. The van der Waals surface area contributed by atoms with Gasteiger partial charge in [-0.15, -0.1) is 0 Å². The van der Waals surface area contributed by atoms with Crippen molar-refractivity contribution in [3.8, 4) is 11.5 Å². The van der Waals surface area contributed by atoms with E-state index < -0.39 is 11.9 Å². The van der Waals surface area contributed by atoms with Crippen LogP contribution in [0.2, 0.25) is 0 Å². The Labute approximate surface area is 115 Å². The number of hydrogen-bond donors (Lipinski definition) is 0. The predicted octanol–water partition coefficient (Wildman–Crippen LogP) is 1.62. The van der Waals surface area contributed by atoms with Crippen molar-refractivity contribution in [3.63, 3.8) is 0 Å². The van der Waals surface area contributed by atoms with Crippen molar-refractivity contribution in [1.29, 1.82) is 0 Å². The summed E-state index contributed by atoms with van der Waals surface area (Å²) in [5, 5.41) is 0. The fourth-order valence-corrected chi connectivity index (χ4v) is 1.46. The van der Waals surface area contributed by atoms with Crippen LogP contribution in [0.15, 0.2) is 18.2 Å². The standard InChI is InChI=1S/C14H14O6/c1-9(16)20-13-6-10(4-5-14(17)19-3)11(8-15)7-12(13)18-2/h4-8H,1-3H3. The van der Waals surface area contributed by atoms with Crippen LogP contribution in [-0.4, -0.2) is 32.4 Å². The van der Waals surface area contributed by atoms with Gasteiger partial charge in [-0.25, -0.2) is 4.79 Å². The molecule has 1 aromatic rings. The summed E-state index contributed by atoms with van der Waals surface area (Å²) in [6, 6.07) is 2.85. The molecule has 0 N–H and O–H groups in total. The van der Waals surface area contributed by atoms with E-state index >= 15 is 0 Å². The molecule has 0 saturated carbocycles. The topological polar surface area (TPSA) is 78.9 Å². The second kappa shape index (κ2) is 7.08. The van der Waals surface area contributed by atoms with Gasteiger partial charge in [-0.2, -0.15) is 0 Å². The summed E-state index contributed by atoms with van der Waals surface area (Å²) in [4.78, 5) is 33.1. The summed E-state index contributed by atoms with van der Waals surface area (Å²) in [5.41, 5.74) is 0.695. The van der Waals surface area contributed by atoms with Gasteiger partial charge >= 0.3 is 11.9 Å². The van der Waals surface area contributed by atoms with E-state index in [1.807, 2.05) is 0 Å². The average Bonchev–Trinajstić information content (AvgIpc) is 2.43. The van der Waals surface area contributed by atoms with Crippen molar-refractivity contribution in [3.05, 3.63) is 29.3 Å². The van der Waals surface area contributed by atoms with Crippen LogP contribution in [-0.2, 0) is 14.3 Å². The lowest BCUT2D eigenvalue weighted by atomic mass is 10.1. The van der Waals surface area contributed by atoms with Crippen LogP contribution >= 0.6 is 0 Å². The molecule has 0 heterocycles. The Morgan fingerprint density at radius 1 is 1.10 bits per heavy atom. The van der Waals surface area contributed by atoms with Crippen molar-refractivity contribution >= 4 is 24.3 Å². The second-order valence-corrected chi connectivity index (χ2v) is 3.70. The fraction of sp³-hybridized carbons (Fsp3) is 0.214. The predicted molar refractivity (Wildman–Crippen MR) is 70.7 cm³/mol. The third kappa shape index (κ3) is 3.94. The Morgan fingerprint density at radius 3 is 2.25 bits per heavy atom. The molecule has 0 aromatic heterocycles. The van der Waals surface area contributed by atoms with Crippen LogP contribution in [0.4, 0.5) is 0 Å². The maximum absolute atomic E-state index is 11.1. The molecule has 6 nitrogen and oxygen atoms in total. The minimum Gasteiger partial charge on any atom is -0.493 e. The minimum atomic E-state index is -0.563. The highest BCUT2D eigenvalue weighted by Crippen LogP contribution is 2.31. The Hall–Kier alpha value is -2.63. The first-order chi connectivity index (χ1) is 9.51. The molecule has 0 atom stereocenters. The molecule has 1 rings (SSSR count). The van der Waals surface area contributed by atoms with Gasteiger partial charge < -0.3 is 14.2 Å². The first-order valence-corrected chi connectivity index (χ1v) is 5.63. The van der Waals surface area contributed by atoms with E-state index in [0.29, 0.717) is 11.8 Å². The van der Waals surface area contributed by atoms with Gasteiger partial charge in [0.1, 0.15) is 0 Å². The molecular formula is C14H14O6. The van der Waals surface area contributed by atoms with Gasteiger partial charge in [0.2, 0.25) is 0 Å². The molecule has 0 aliphatic carbocycles.